The minimum atomic E-state index is -0.418. The maximum Gasteiger partial charge on any atom is 0.0726 e. The Balaban J connectivity index is 1.28. The second-order valence-corrected chi connectivity index (χ2v) is 16.0. The smallest absolute Gasteiger partial charge is 0.0726 e. The van der Waals surface area contributed by atoms with E-state index in [1.807, 2.05) is 0 Å². The summed E-state index contributed by atoms with van der Waals surface area (Å²) in [6, 6.07) is 68.3. The Morgan fingerprint density at radius 3 is 1.39 bits per heavy atom. The van der Waals surface area contributed by atoms with Crippen LogP contribution in [0, 0.1) is 0 Å². The van der Waals surface area contributed by atoms with Gasteiger partial charge in [0.05, 0.1) is 16.8 Å². The Morgan fingerprint density at radius 1 is 0.370 bits per heavy atom. The van der Waals surface area contributed by atoms with Gasteiger partial charge in [-0.25, -0.2) is 0 Å². The van der Waals surface area contributed by atoms with Crippen molar-refractivity contribution in [1.82, 2.24) is 0 Å². The summed E-state index contributed by atoms with van der Waals surface area (Å²) in [6.45, 7) is 6.87. The number of benzene rings is 9. The number of rotatable bonds is 3. The number of nitrogens with zero attached hydrogens (tertiary/aromatic N) is 1. The normalized spacial score (nSPS) is 13.6. The van der Waals surface area contributed by atoms with Crippen LogP contribution in [0.5, 0.6) is 0 Å². The minimum Gasteiger partial charge on any atom is -0.309 e. The molecule has 0 fully saturated rings. The van der Waals surface area contributed by atoms with Crippen LogP contribution in [-0.2, 0) is 10.8 Å². The van der Waals surface area contributed by atoms with Crippen LogP contribution in [0.4, 0.5) is 17.1 Å². The highest BCUT2D eigenvalue weighted by Crippen LogP contribution is 2.64. The van der Waals surface area contributed by atoms with E-state index in [-0.39, 0.29) is 5.41 Å². The molecule has 11 rings (SSSR count). The molecule has 54 heavy (non-hydrogen) atoms. The molecule has 0 unspecified atom stereocenters. The number of hydrogen-bond acceptors (Lipinski definition) is 1. The van der Waals surface area contributed by atoms with E-state index >= 15 is 0 Å². The summed E-state index contributed by atoms with van der Waals surface area (Å²) in [6.07, 6.45) is 0. The molecule has 0 N–H and O–H groups in total. The second kappa shape index (κ2) is 11.3. The summed E-state index contributed by atoms with van der Waals surface area (Å²) in [5.41, 5.74) is 15.1. The van der Waals surface area contributed by atoms with Gasteiger partial charge in [0.25, 0.3) is 0 Å². The van der Waals surface area contributed by atoms with Crippen molar-refractivity contribution in [3.63, 3.8) is 0 Å². The van der Waals surface area contributed by atoms with E-state index in [0.29, 0.717) is 0 Å². The first-order valence-corrected chi connectivity index (χ1v) is 19.1. The zero-order valence-corrected chi connectivity index (χ0v) is 30.8. The molecule has 9 aromatic rings. The summed E-state index contributed by atoms with van der Waals surface area (Å²) in [5, 5.41) is 7.63. The average Bonchev–Trinajstić information content (AvgIpc) is 3.69. The molecule has 0 amide bonds. The van der Waals surface area contributed by atoms with Crippen LogP contribution in [-0.4, -0.2) is 0 Å². The van der Waals surface area contributed by atoms with Gasteiger partial charge in [0.15, 0.2) is 0 Å². The zero-order valence-electron chi connectivity index (χ0n) is 30.8. The molecule has 1 heteroatoms. The van der Waals surface area contributed by atoms with Crippen LogP contribution in [0.15, 0.2) is 182 Å². The maximum atomic E-state index is 2.55. The maximum absolute atomic E-state index is 2.55. The number of anilines is 3. The fourth-order valence-electron chi connectivity index (χ4n) is 9.95. The molecule has 256 valence electrons. The lowest BCUT2D eigenvalue weighted by atomic mass is 9.70. The molecule has 0 heterocycles. The molecular formula is C53H39N. The van der Waals surface area contributed by atoms with Gasteiger partial charge < -0.3 is 4.90 Å². The lowest BCUT2D eigenvalue weighted by molar-refractivity contribution is 0.590. The SMILES string of the molecule is CC(C)(C)c1ccc(N(c2cccc3c2-c2ccccc2C32c3ccccc3-c3ccccc32)c2cccc3c4ccccc4c4ccccc4c23)cc1. The molecule has 0 aliphatic heterocycles. The van der Waals surface area contributed by atoms with Crippen molar-refractivity contribution in [2.75, 3.05) is 4.90 Å². The minimum absolute atomic E-state index is 0.0422. The standard InChI is InChI=1S/C53H39N/c1-52(2,3)34-30-32-35(33-31-34)54(48-28-14-23-42-38-17-5-4-16-36(38)37-18-6-7-21-41(37)50(42)48)49-29-15-27-47-51(49)43-22-10-13-26-46(43)53(47)44-24-11-8-19-39(44)40-20-9-12-25-45(40)53/h4-33H,1-3H3. The molecule has 1 spiro atoms. The van der Waals surface area contributed by atoms with Gasteiger partial charge in [0.1, 0.15) is 0 Å². The van der Waals surface area contributed by atoms with Gasteiger partial charge in [0.2, 0.25) is 0 Å². The molecule has 9 aromatic carbocycles. The van der Waals surface area contributed by atoms with E-state index in [9.17, 15) is 0 Å². The molecule has 2 aliphatic rings. The van der Waals surface area contributed by atoms with Crippen LogP contribution in [0.1, 0.15) is 48.6 Å². The molecule has 0 saturated heterocycles. The Hall–Kier alpha value is -6.44. The van der Waals surface area contributed by atoms with Crippen molar-refractivity contribution < 1.29 is 0 Å². The quantitative estimate of drug-likeness (QED) is 0.167. The fourth-order valence-corrected chi connectivity index (χ4v) is 9.95. The molecule has 0 atom stereocenters. The van der Waals surface area contributed by atoms with E-state index < -0.39 is 5.41 Å². The Labute approximate surface area is 316 Å². The first-order valence-electron chi connectivity index (χ1n) is 19.1. The molecule has 0 saturated carbocycles. The second-order valence-electron chi connectivity index (χ2n) is 16.0. The molecule has 0 aromatic heterocycles. The zero-order chi connectivity index (χ0) is 36.2. The van der Waals surface area contributed by atoms with Gasteiger partial charge in [-0.1, -0.05) is 178 Å². The van der Waals surface area contributed by atoms with Gasteiger partial charge in [0, 0.05) is 16.6 Å². The molecule has 0 radical (unpaired) electrons. The lowest BCUT2D eigenvalue weighted by Gasteiger charge is -2.32. The van der Waals surface area contributed by atoms with Crippen LogP contribution < -0.4 is 4.90 Å². The first-order chi connectivity index (χ1) is 26.5. The van der Waals surface area contributed by atoms with Gasteiger partial charge in [-0.3, -0.25) is 0 Å². The largest absolute Gasteiger partial charge is 0.309 e. The van der Waals surface area contributed by atoms with Crippen molar-refractivity contribution in [2.24, 2.45) is 0 Å². The topological polar surface area (TPSA) is 3.24 Å². The number of fused-ring (bicyclic) bond motifs is 16. The Bertz CT molecular complexity index is 2890. The monoisotopic (exact) mass is 689 g/mol. The van der Waals surface area contributed by atoms with Crippen molar-refractivity contribution in [3.8, 4) is 22.3 Å². The summed E-state index contributed by atoms with van der Waals surface area (Å²) in [4.78, 5) is 2.55. The fraction of sp³-hybridized carbons (Fsp3) is 0.0943. The van der Waals surface area contributed by atoms with E-state index in [1.165, 1.54) is 93.8 Å². The molecule has 1 nitrogen and oxygen atoms in total. The van der Waals surface area contributed by atoms with Gasteiger partial charge in [-0.2, -0.15) is 0 Å². The van der Waals surface area contributed by atoms with E-state index in [0.717, 1.165) is 5.69 Å². The lowest BCUT2D eigenvalue weighted by Crippen LogP contribution is -2.26. The third-order valence-electron chi connectivity index (χ3n) is 12.2. The van der Waals surface area contributed by atoms with E-state index in [2.05, 4.69) is 208 Å². The third-order valence-corrected chi connectivity index (χ3v) is 12.2. The van der Waals surface area contributed by atoms with Gasteiger partial charge in [-0.05, 0) is 101 Å². The Kier molecular flexibility index (Phi) is 6.50. The van der Waals surface area contributed by atoms with Gasteiger partial charge in [-0.15, -0.1) is 0 Å². The summed E-state index contributed by atoms with van der Waals surface area (Å²) >= 11 is 0. The third kappa shape index (κ3) is 4.10. The summed E-state index contributed by atoms with van der Waals surface area (Å²) < 4.78 is 0. The highest BCUT2D eigenvalue weighted by molar-refractivity contribution is 6.29. The van der Waals surface area contributed by atoms with Crippen molar-refractivity contribution in [3.05, 3.63) is 210 Å². The van der Waals surface area contributed by atoms with Crippen molar-refractivity contribution in [2.45, 2.75) is 31.6 Å². The van der Waals surface area contributed by atoms with Crippen LogP contribution in [0.3, 0.4) is 0 Å². The van der Waals surface area contributed by atoms with Crippen LogP contribution in [0.2, 0.25) is 0 Å². The predicted octanol–water partition coefficient (Wildman–Crippen LogP) is 14.3. The van der Waals surface area contributed by atoms with Crippen molar-refractivity contribution >= 4 is 49.4 Å². The summed E-state index contributed by atoms with van der Waals surface area (Å²) in [5.74, 6) is 0. The highest BCUT2D eigenvalue weighted by Gasteiger charge is 2.52. The first kappa shape index (κ1) is 31.1. The van der Waals surface area contributed by atoms with E-state index in [4.69, 9.17) is 0 Å². The predicted molar refractivity (Wildman–Crippen MR) is 229 cm³/mol. The highest BCUT2D eigenvalue weighted by atomic mass is 15.1. The van der Waals surface area contributed by atoms with Crippen LogP contribution >= 0.6 is 0 Å². The number of hydrogen-bond donors (Lipinski definition) is 0. The Morgan fingerprint density at radius 2 is 0.796 bits per heavy atom. The summed E-state index contributed by atoms with van der Waals surface area (Å²) in [7, 11) is 0. The molecule has 0 bridgehead atoms. The average molecular weight is 690 g/mol. The molecular weight excluding hydrogens is 651 g/mol. The van der Waals surface area contributed by atoms with Crippen LogP contribution in [0.25, 0.3) is 54.6 Å². The van der Waals surface area contributed by atoms with E-state index in [1.54, 1.807) is 0 Å². The molecule has 2 aliphatic carbocycles. The van der Waals surface area contributed by atoms with Crippen molar-refractivity contribution in [1.29, 1.82) is 0 Å². The van der Waals surface area contributed by atoms with Gasteiger partial charge >= 0.3 is 0 Å².